The maximum absolute atomic E-state index is 13.1. The van der Waals surface area contributed by atoms with E-state index in [0.29, 0.717) is 23.5 Å². The fraction of sp³-hybridized carbons (Fsp3) is 0.240. The first-order valence-corrected chi connectivity index (χ1v) is 10.5. The average Bonchev–Trinajstić information content (AvgIpc) is 3.44. The van der Waals surface area contributed by atoms with Crippen LogP contribution in [0.5, 0.6) is 5.75 Å². The number of carbonyl (C=O) groups excluding carboxylic acids is 2. The smallest absolute Gasteiger partial charge is 0.296 e. The van der Waals surface area contributed by atoms with Crippen molar-refractivity contribution < 1.29 is 23.8 Å². The lowest BCUT2D eigenvalue weighted by Gasteiger charge is -2.23. The zero-order chi connectivity index (χ0) is 22.4. The summed E-state index contributed by atoms with van der Waals surface area (Å²) < 4.78 is 11.5. The number of amides is 1. The Bertz CT molecular complexity index is 1240. The van der Waals surface area contributed by atoms with Gasteiger partial charge in [0.1, 0.15) is 35.2 Å². The number of hydrogen-bond acceptors (Lipinski definition) is 6. The van der Waals surface area contributed by atoms with Gasteiger partial charge in [-0.25, -0.2) is 0 Å². The van der Waals surface area contributed by atoms with Crippen molar-refractivity contribution in [3.63, 3.8) is 0 Å². The van der Waals surface area contributed by atoms with E-state index in [0.717, 1.165) is 16.9 Å². The van der Waals surface area contributed by atoms with Crippen LogP contribution in [0.2, 0.25) is 0 Å². The van der Waals surface area contributed by atoms with Gasteiger partial charge >= 0.3 is 0 Å². The van der Waals surface area contributed by atoms with Gasteiger partial charge in [0.15, 0.2) is 0 Å². The molecule has 1 N–H and O–H groups in total. The Morgan fingerprint density at radius 2 is 1.94 bits per heavy atom. The van der Waals surface area contributed by atoms with E-state index >= 15 is 0 Å². The predicted molar refractivity (Wildman–Crippen MR) is 116 cm³/mol. The highest BCUT2D eigenvalue weighted by Crippen LogP contribution is 2.41. The van der Waals surface area contributed by atoms with Crippen molar-refractivity contribution in [2.45, 2.75) is 39.0 Å². The molecule has 7 heteroatoms. The number of fused-ring (bicyclic) bond motifs is 1. The standard InChI is InChI=1S/C25H22N2O5/c1-14-3-5-20(31-14)22-21(23(28)17-4-6-19-18(12-17)11-15(2)32-19)24(29)25(30)27(22)13-16-7-9-26-10-8-16/h3-10,12,15,22,28H,11,13H2,1-2H3. The predicted octanol–water partition coefficient (Wildman–Crippen LogP) is 3.93. The summed E-state index contributed by atoms with van der Waals surface area (Å²) in [6.07, 6.45) is 4.03. The highest BCUT2D eigenvalue weighted by Gasteiger charge is 2.47. The minimum absolute atomic E-state index is 0.0188. The Balaban J connectivity index is 1.62. The number of aliphatic hydroxyl groups is 1. The average molecular weight is 430 g/mol. The Labute approximate surface area is 184 Å². The Hall–Kier alpha value is -3.87. The molecule has 2 unspecified atom stereocenters. The number of pyridine rings is 1. The van der Waals surface area contributed by atoms with E-state index < -0.39 is 17.7 Å². The molecule has 32 heavy (non-hydrogen) atoms. The minimum atomic E-state index is -0.833. The van der Waals surface area contributed by atoms with E-state index in [-0.39, 0.29) is 24.0 Å². The van der Waals surface area contributed by atoms with Crippen molar-refractivity contribution >= 4 is 17.4 Å². The number of nitrogens with zero attached hydrogens (tertiary/aromatic N) is 2. The largest absolute Gasteiger partial charge is 0.507 e. The van der Waals surface area contributed by atoms with Crippen molar-refractivity contribution in [2.24, 2.45) is 0 Å². The molecule has 2 aliphatic heterocycles. The summed E-state index contributed by atoms with van der Waals surface area (Å²) in [5.74, 6) is 0.210. The first-order valence-electron chi connectivity index (χ1n) is 10.5. The van der Waals surface area contributed by atoms with E-state index in [1.54, 1.807) is 55.7 Å². The van der Waals surface area contributed by atoms with E-state index in [4.69, 9.17) is 9.15 Å². The van der Waals surface area contributed by atoms with Crippen molar-refractivity contribution in [1.82, 2.24) is 9.88 Å². The van der Waals surface area contributed by atoms with Crippen LogP contribution in [0.15, 0.2) is 64.8 Å². The normalized spacial score (nSPS) is 21.6. The van der Waals surface area contributed by atoms with Gasteiger partial charge in [-0.1, -0.05) is 0 Å². The van der Waals surface area contributed by atoms with Gasteiger partial charge in [-0.3, -0.25) is 14.6 Å². The van der Waals surface area contributed by atoms with Crippen LogP contribution in [0.4, 0.5) is 0 Å². The minimum Gasteiger partial charge on any atom is -0.507 e. The molecule has 3 aromatic rings. The van der Waals surface area contributed by atoms with Crippen molar-refractivity contribution in [3.8, 4) is 5.75 Å². The lowest BCUT2D eigenvalue weighted by Crippen LogP contribution is -2.29. The summed E-state index contributed by atoms with van der Waals surface area (Å²) >= 11 is 0. The molecule has 2 aliphatic rings. The van der Waals surface area contributed by atoms with Crippen LogP contribution < -0.4 is 4.74 Å². The molecule has 2 atom stereocenters. The maximum Gasteiger partial charge on any atom is 0.296 e. The van der Waals surface area contributed by atoms with Crippen LogP contribution in [-0.4, -0.2) is 32.8 Å². The van der Waals surface area contributed by atoms with Gasteiger partial charge in [-0.05, 0) is 67.4 Å². The molecule has 1 saturated heterocycles. The molecular formula is C25H22N2O5. The summed E-state index contributed by atoms with van der Waals surface area (Å²) in [4.78, 5) is 31.6. The van der Waals surface area contributed by atoms with Gasteiger partial charge in [-0.2, -0.15) is 0 Å². The molecule has 0 spiro atoms. The molecule has 0 saturated carbocycles. The number of benzene rings is 1. The second-order valence-corrected chi connectivity index (χ2v) is 8.19. The fourth-order valence-corrected chi connectivity index (χ4v) is 4.35. The summed E-state index contributed by atoms with van der Waals surface area (Å²) in [5.41, 5.74) is 2.26. The molecule has 0 radical (unpaired) electrons. The number of aromatic nitrogens is 1. The lowest BCUT2D eigenvalue weighted by atomic mass is 9.97. The van der Waals surface area contributed by atoms with Crippen molar-refractivity contribution in [1.29, 1.82) is 0 Å². The summed E-state index contributed by atoms with van der Waals surface area (Å²) in [6.45, 7) is 3.95. The quantitative estimate of drug-likeness (QED) is 0.383. The van der Waals surface area contributed by atoms with Gasteiger partial charge in [0.25, 0.3) is 11.7 Å². The number of aliphatic hydroxyl groups excluding tert-OH is 1. The zero-order valence-corrected chi connectivity index (χ0v) is 17.7. The third kappa shape index (κ3) is 3.36. The second-order valence-electron chi connectivity index (χ2n) is 8.19. The number of likely N-dealkylation sites (tertiary alicyclic amines) is 1. The summed E-state index contributed by atoms with van der Waals surface area (Å²) in [7, 11) is 0. The van der Waals surface area contributed by atoms with Gasteiger partial charge in [-0.15, -0.1) is 0 Å². The Morgan fingerprint density at radius 1 is 1.16 bits per heavy atom. The van der Waals surface area contributed by atoms with Gasteiger partial charge in [0, 0.05) is 30.9 Å². The monoisotopic (exact) mass is 430 g/mol. The Kier molecular flexibility index (Phi) is 4.81. The summed E-state index contributed by atoms with van der Waals surface area (Å²) in [5, 5.41) is 11.2. The van der Waals surface area contributed by atoms with Gasteiger partial charge in [0.2, 0.25) is 0 Å². The molecule has 1 fully saturated rings. The van der Waals surface area contributed by atoms with E-state index in [1.165, 1.54) is 4.90 Å². The number of rotatable bonds is 4. The molecule has 1 amide bonds. The fourth-order valence-electron chi connectivity index (χ4n) is 4.35. The highest BCUT2D eigenvalue weighted by molar-refractivity contribution is 6.46. The van der Waals surface area contributed by atoms with Crippen LogP contribution in [-0.2, 0) is 22.6 Å². The number of ketones is 1. The van der Waals surface area contributed by atoms with E-state index in [9.17, 15) is 14.7 Å². The highest BCUT2D eigenvalue weighted by atomic mass is 16.5. The van der Waals surface area contributed by atoms with Gasteiger partial charge < -0.3 is 19.2 Å². The first-order chi connectivity index (χ1) is 15.4. The van der Waals surface area contributed by atoms with E-state index in [2.05, 4.69) is 4.98 Å². The summed E-state index contributed by atoms with van der Waals surface area (Å²) in [6, 6.07) is 11.5. The third-order valence-corrected chi connectivity index (χ3v) is 5.84. The molecular weight excluding hydrogens is 408 g/mol. The molecule has 7 nitrogen and oxygen atoms in total. The molecule has 0 bridgehead atoms. The number of hydrogen-bond donors (Lipinski definition) is 1. The molecule has 0 aliphatic carbocycles. The molecule has 4 heterocycles. The SMILES string of the molecule is Cc1ccc(C2C(=C(O)c3ccc4c(c3)CC(C)O4)C(=O)C(=O)N2Cc2ccncc2)o1. The number of Topliss-reactive ketones (excluding diaryl/α,β-unsaturated/α-hetero) is 1. The van der Waals surface area contributed by atoms with Gasteiger partial charge in [0.05, 0.1) is 5.57 Å². The Morgan fingerprint density at radius 3 is 2.66 bits per heavy atom. The maximum atomic E-state index is 13.1. The molecule has 162 valence electrons. The molecule has 2 aromatic heterocycles. The number of carbonyl (C=O) groups is 2. The van der Waals surface area contributed by atoms with E-state index in [1.807, 2.05) is 13.0 Å². The third-order valence-electron chi connectivity index (χ3n) is 5.84. The second kappa shape index (κ2) is 7.67. The number of aryl methyl sites for hydroxylation is 1. The molecule has 1 aromatic carbocycles. The van der Waals surface area contributed by atoms with Crippen LogP contribution in [0.1, 0.15) is 41.2 Å². The topological polar surface area (TPSA) is 92.9 Å². The van der Waals surface area contributed by atoms with Crippen molar-refractivity contribution in [3.05, 3.63) is 88.6 Å². The number of furan rings is 1. The zero-order valence-electron chi connectivity index (χ0n) is 17.7. The molecule has 5 rings (SSSR count). The number of ether oxygens (including phenoxy) is 1. The first kappa shape index (κ1) is 20.1. The van der Waals surface area contributed by atoms with Crippen LogP contribution in [0.25, 0.3) is 5.76 Å². The van der Waals surface area contributed by atoms with Crippen LogP contribution in [0, 0.1) is 6.92 Å². The lowest BCUT2D eigenvalue weighted by molar-refractivity contribution is -0.140. The van der Waals surface area contributed by atoms with Crippen LogP contribution in [0.3, 0.4) is 0 Å². The van der Waals surface area contributed by atoms with Crippen molar-refractivity contribution in [2.75, 3.05) is 0 Å². The van der Waals surface area contributed by atoms with Crippen LogP contribution >= 0.6 is 0 Å².